The number of aryl methyl sites for hydroxylation is 1. The number of fused-ring (bicyclic) bond motifs is 1. The van der Waals surface area contributed by atoms with Crippen LogP contribution in [0.1, 0.15) is 48.2 Å². The minimum Gasteiger partial charge on any atom is -0.396 e. The van der Waals surface area contributed by atoms with Gasteiger partial charge in [0.15, 0.2) is 0 Å². The average molecular weight is 581 g/mol. The van der Waals surface area contributed by atoms with Gasteiger partial charge in [-0.25, -0.2) is 14.4 Å². The van der Waals surface area contributed by atoms with Crippen LogP contribution >= 0.6 is 11.3 Å². The van der Waals surface area contributed by atoms with Crippen molar-refractivity contribution in [1.29, 1.82) is 0 Å². The highest BCUT2D eigenvalue weighted by atomic mass is 32.1. The normalized spacial score (nSPS) is 23.2. The number of halogens is 1. The number of pyridine rings is 1. The van der Waals surface area contributed by atoms with Gasteiger partial charge in [-0.2, -0.15) is 4.98 Å². The Balaban J connectivity index is 1.35. The summed E-state index contributed by atoms with van der Waals surface area (Å²) in [6.07, 6.45) is 1.93. The van der Waals surface area contributed by atoms with Gasteiger partial charge >= 0.3 is 0 Å². The van der Waals surface area contributed by atoms with Crippen molar-refractivity contribution in [2.45, 2.75) is 56.5 Å². The molecule has 0 saturated heterocycles. The number of nitrogens with zero attached hydrogens (tertiary/aromatic N) is 4. The van der Waals surface area contributed by atoms with Crippen LogP contribution in [0, 0.1) is 18.7 Å². The summed E-state index contributed by atoms with van der Waals surface area (Å²) in [6, 6.07) is 7.56. The van der Waals surface area contributed by atoms with E-state index in [9.17, 15) is 19.7 Å². The molecule has 1 aromatic carbocycles. The topological polar surface area (TPSA) is 146 Å². The van der Waals surface area contributed by atoms with Crippen LogP contribution in [0.25, 0.3) is 20.8 Å². The molecule has 0 radical (unpaired) electrons. The molecule has 0 amide bonds. The molecular formula is C29H33FN6O4S. The van der Waals surface area contributed by atoms with E-state index in [4.69, 9.17) is 19.7 Å². The predicted octanol–water partition coefficient (Wildman–Crippen LogP) is 3.79. The van der Waals surface area contributed by atoms with E-state index in [-0.39, 0.29) is 18.5 Å². The zero-order valence-electron chi connectivity index (χ0n) is 22.8. The number of methoxy groups -OCH3 is 1. The standard InChI is InChI=1S/C29H33FN6O4S/c1-14-22(28-35-24-21(41-28)9-10-31-23(24)16-3-4-16)27(34-19-11-17(13-37)25(38)26(19)39)36-29(33-14)32-12-20(40-2)15-5-7-18(30)8-6-15/h5-10,16-17,19-20,25-26,37-39H,3-4,11-13H2,1-2H3,(H2,32,33,34,36)/t17-,19-,20+,25-,26+/m1/s1. The number of benzene rings is 1. The number of rotatable bonds is 10. The summed E-state index contributed by atoms with van der Waals surface area (Å²) in [6.45, 7) is 1.98. The molecule has 3 aromatic heterocycles. The maximum absolute atomic E-state index is 13.4. The minimum atomic E-state index is -1.08. The number of aromatic nitrogens is 4. The molecular weight excluding hydrogens is 547 g/mol. The van der Waals surface area contributed by atoms with Crippen LogP contribution in [0.2, 0.25) is 0 Å². The summed E-state index contributed by atoms with van der Waals surface area (Å²) in [7, 11) is 1.58. The van der Waals surface area contributed by atoms with Gasteiger partial charge < -0.3 is 30.7 Å². The van der Waals surface area contributed by atoms with Crippen LogP contribution in [0.3, 0.4) is 0 Å². The molecule has 5 atom stereocenters. The van der Waals surface area contributed by atoms with Gasteiger partial charge in [-0.3, -0.25) is 4.98 Å². The molecule has 216 valence electrons. The van der Waals surface area contributed by atoms with Crippen molar-refractivity contribution in [2.75, 3.05) is 30.9 Å². The Morgan fingerprint density at radius 1 is 1.10 bits per heavy atom. The first kappa shape index (κ1) is 27.9. The highest BCUT2D eigenvalue weighted by molar-refractivity contribution is 7.21. The van der Waals surface area contributed by atoms with Crippen LogP contribution in [0.5, 0.6) is 0 Å². The highest BCUT2D eigenvalue weighted by Crippen LogP contribution is 2.44. The number of thiazole rings is 1. The number of nitrogens with one attached hydrogen (secondary N) is 2. The van der Waals surface area contributed by atoms with Gasteiger partial charge in [-0.05, 0) is 49.9 Å². The molecule has 41 heavy (non-hydrogen) atoms. The van der Waals surface area contributed by atoms with E-state index in [1.807, 2.05) is 19.2 Å². The predicted molar refractivity (Wildman–Crippen MR) is 154 cm³/mol. The van der Waals surface area contributed by atoms with E-state index in [2.05, 4.69) is 15.6 Å². The van der Waals surface area contributed by atoms with Gasteiger partial charge in [-0.1, -0.05) is 12.1 Å². The zero-order chi connectivity index (χ0) is 28.7. The second-order valence-electron chi connectivity index (χ2n) is 10.8. The Morgan fingerprint density at radius 3 is 2.56 bits per heavy atom. The van der Waals surface area contributed by atoms with Crippen molar-refractivity contribution in [3.63, 3.8) is 0 Å². The molecule has 3 heterocycles. The van der Waals surface area contributed by atoms with E-state index in [1.54, 1.807) is 19.2 Å². The summed E-state index contributed by atoms with van der Waals surface area (Å²) in [5.74, 6) is 0.478. The first-order valence-electron chi connectivity index (χ1n) is 13.8. The van der Waals surface area contributed by atoms with Gasteiger partial charge in [0, 0.05) is 38.3 Å². The molecule has 5 N–H and O–H groups in total. The Hall–Kier alpha value is -3.29. The van der Waals surface area contributed by atoms with E-state index < -0.39 is 24.2 Å². The summed E-state index contributed by atoms with van der Waals surface area (Å²) in [5.41, 5.74) is 4.09. The quantitative estimate of drug-likeness (QED) is 0.188. The number of hydrogen-bond acceptors (Lipinski definition) is 11. The van der Waals surface area contributed by atoms with E-state index in [0.717, 1.165) is 39.3 Å². The summed E-state index contributed by atoms with van der Waals surface area (Å²) >= 11 is 1.53. The third-order valence-corrected chi connectivity index (χ3v) is 8.97. The van der Waals surface area contributed by atoms with E-state index in [1.165, 1.54) is 23.5 Å². The van der Waals surface area contributed by atoms with Crippen molar-refractivity contribution >= 4 is 33.3 Å². The second-order valence-corrected chi connectivity index (χ2v) is 11.8. The molecule has 2 fully saturated rings. The third-order valence-electron chi connectivity index (χ3n) is 7.93. The Labute approximate surface area is 240 Å². The molecule has 2 aliphatic carbocycles. The van der Waals surface area contributed by atoms with Crippen molar-refractivity contribution in [3.8, 4) is 10.6 Å². The number of anilines is 2. The molecule has 0 bridgehead atoms. The zero-order valence-corrected chi connectivity index (χ0v) is 23.6. The highest BCUT2D eigenvalue weighted by Gasteiger charge is 2.41. The van der Waals surface area contributed by atoms with Crippen LogP contribution in [0.15, 0.2) is 36.5 Å². The number of aliphatic hydroxyl groups is 3. The van der Waals surface area contributed by atoms with Crippen LogP contribution in [-0.4, -0.2) is 73.8 Å². The van der Waals surface area contributed by atoms with Gasteiger partial charge in [0.25, 0.3) is 0 Å². The molecule has 12 heteroatoms. The monoisotopic (exact) mass is 580 g/mol. The van der Waals surface area contributed by atoms with Crippen molar-refractivity contribution in [2.24, 2.45) is 5.92 Å². The molecule has 0 unspecified atom stereocenters. The third kappa shape index (κ3) is 5.62. The minimum absolute atomic E-state index is 0.227. The van der Waals surface area contributed by atoms with Crippen molar-refractivity contribution in [1.82, 2.24) is 19.9 Å². The smallest absolute Gasteiger partial charge is 0.225 e. The second kappa shape index (κ2) is 11.5. The Morgan fingerprint density at radius 2 is 1.88 bits per heavy atom. The lowest BCUT2D eigenvalue weighted by Gasteiger charge is -2.22. The SMILES string of the molecule is CO[C@@H](CNc1nc(C)c(-c2nc3c(C4CC4)nccc3s2)c(N[C@@H]2C[C@H](CO)[C@@H](O)[C@H]2O)n1)c1ccc(F)cc1. The van der Waals surface area contributed by atoms with E-state index in [0.29, 0.717) is 41.9 Å². The Bertz CT molecular complexity index is 1530. The molecule has 0 aliphatic heterocycles. The van der Waals surface area contributed by atoms with Crippen molar-refractivity contribution < 1.29 is 24.4 Å². The molecule has 2 aliphatic rings. The maximum Gasteiger partial charge on any atom is 0.225 e. The van der Waals surface area contributed by atoms with Gasteiger partial charge in [-0.15, -0.1) is 11.3 Å². The van der Waals surface area contributed by atoms with Crippen LogP contribution in [0.4, 0.5) is 16.2 Å². The molecule has 2 saturated carbocycles. The fourth-order valence-corrected chi connectivity index (χ4v) is 6.54. The fourth-order valence-electron chi connectivity index (χ4n) is 5.47. The Kier molecular flexibility index (Phi) is 7.84. The number of hydrogen-bond donors (Lipinski definition) is 5. The lowest BCUT2D eigenvalue weighted by atomic mass is 10.1. The van der Waals surface area contributed by atoms with Gasteiger partial charge in [0.1, 0.15) is 28.3 Å². The average Bonchev–Trinajstić information content (AvgIpc) is 3.67. The lowest BCUT2D eigenvalue weighted by Crippen LogP contribution is -2.35. The van der Waals surface area contributed by atoms with E-state index >= 15 is 0 Å². The van der Waals surface area contributed by atoms with Crippen molar-refractivity contribution in [3.05, 3.63) is 59.3 Å². The van der Waals surface area contributed by atoms with Gasteiger partial charge in [0.2, 0.25) is 5.95 Å². The maximum atomic E-state index is 13.4. The number of aliphatic hydroxyl groups excluding tert-OH is 3. The van der Waals surface area contributed by atoms with Crippen LogP contribution < -0.4 is 10.6 Å². The molecule has 4 aromatic rings. The molecule has 6 rings (SSSR count). The molecule has 10 nitrogen and oxygen atoms in total. The number of ether oxygens (including phenoxy) is 1. The summed E-state index contributed by atoms with van der Waals surface area (Å²) in [5, 5.41) is 38.2. The first-order chi connectivity index (χ1) is 19.9. The molecule has 0 spiro atoms. The van der Waals surface area contributed by atoms with Gasteiger partial charge in [0.05, 0.1) is 39.9 Å². The van der Waals surface area contributed by atoms with Crippen LogP contribution in [-0.2, 0) is 4.74 Å². The summed E-state index contributed by atoms with van der Waals surface area (Å²) in [4.78, 5) is 19.1. The fraction of sp³-hybridized carbons (Fsp3) is 0.448. The lowest BCUT2D eigenvalue weighted by molar-refractivity contribution is 0.00446. The largest absolute Gasteiger partial charge is 0.396 e. The first-order valence-corrected chi connectivity index (χ1v) is 14.6. The summed E-state index contributed by atoms with van der Waals surface area (Å²) < 4.78 is 20.1.